The molecule has 0 saturated heterocycles. The lowest BCUT2D eigenvalue weighted by atomic mass is 10.2. The number of hydrogen-bond acceptors (Lipinski definition) is 5. The molecule has 0 bridgehead atoms. The van der Waals surface area contributed by atoms with E-state index in [0.29, 0.717) is 5.52 Å². The molecule has 0 radical (unpaired) electrons. The summed E-state index contributed by atoms with van der Waals surface area (Å²) in [4.78, 5) is 28.1. The van der Waals surface area contributed by atoms with E-state index in [0.717, 1.165) is 0 Å². The highest BCUT2D eigenvalue weighted by Crippen LogP contribution is 2.11. The number of aromatic nitrogens is 3. The van der Waals surface area contributed by atoms with E-state index in [1.807, 2.05) is 0 Å². The van der Waals surface area contributed by atoms with Gasteiger partial charge in [-0.3, -0.25) is 14.5 Å². The zero-order valence-corrected chi connectivity index (χ0v) is 11.3. The van der Waals surface area contributed by atoms with Gasteiger partial charge in [-0.2, -0.15) is 5.10 Å². The molecule has 0 aromatic carbocycles. The lowest BCUT2D eigenvalue weighted by Gasteiger charge is -2.19. The van der Waals surface area contributed by atoms with Crippen LogP contribution in [0, 0.1) is 0 Å². The maximum atomic E-state index is 12.2. The van der Waals surface area contributed by atoms with Crippen molar-refractivity contribution in [2.45, 2.75) is 26.4 Å². The summed E-state index contributed by atoms with van der Waals surface area (Å²) in [5.41, 5.74) is -0.657. The number of ether oxygens (including phenoxy) is 1. The van der Waals surface area contributed by atoms with Gasteiger partial charge in [-0.05, 0) is 32.9 Å². The fourth-order valence-corrected chi connectivity index (χ4v) is 1.65. The Hall–Kier alpha value is -2.24. The molecule has 6 nitrogen and oxygen atoms in total. The molecule has 19 heavy (non-hydrogen) atoms. The van der Waals surface area contributed by atoms with Crippen molar-refractivity contribution < 1.29 is 9.53 Å². The predicted molar refractivity (Wildman–Crippen MR) is 69.9 cm³/mol. The molecular formula is C13H15N3O3. The van der Waals surface area contributed by atoms with Crippen LogP contribution in [0.25, 0.3) is 11.0 Å². The van der Waals surface area contributed by atoms with E-state index in [-0.39, 0.29) is 11.2 Å². The number of esters is 1. The summed E-state index contributed by atoms with van der Waals surface area (Å²) in [7, 11) is 1.65. The molecule has 0 aliphatic rings. The first kappa shape index (κ1) is 13.2. The van der Waals surface area contributed by atoms with E-state index in [1.54, 1.807) is 40.0 Å². The van der Waals surface area contributed by atoms with Crippen molar-refractivity contribution in [1.82, 2.24) is 14.8 Å². The number of carbonyl (C=O) groups is 1. The summed E-state index contributed by atoms with van der Waals surface area (Å²) in [6.45, 7) is 5.19. The smallest absolute Gasteiger partial charge is 0.363 e. The third-order valence-corrected chi connectivity index (χ3v) is 2.41. The fraction of sp³-hybridized carbons (Fsp3) is 0.385. The topological polar surface area (TPSA) is 74.1 Å². The Labute approximate surface area is 110 Å². The quantitative estimate of drug-likeness (QED) is 0.723. The maximum Gasteiger partial charge on any atom is 0.363 e. The van der Waals surface area contributed by atoms with Crippen molar-refractivity contribution in [2.24, 2.45) is 7.05 Å². The molecule has 0 unspecified atom stereocenters. The molecule has 0 spiro atoms. The van der Waals surface area contributed by atoms with Crippen LogP contribution in [0.4, 0.5) is 0 Å². The minimum absolute atomic E-state index is 0.209. The van der Waals surface area contributed by atoms with Crippen LogP contribution in [0.5, 0.6) is 0 Å². The number of fused-ring (bicyclic) bond motifs is 1. The van der Waals surface area contributed by atoms with Gasteiger partial charge in [-0.15, -0.1) is 0 Å². The highest BCUT2D eigenvalue weighted by molar-refractivity contribution is 5.90. The number of aryl methyl sites for hydroxylation is 1. The van der Waals surface area contributed by atoms with Crippen LogP contribution in [-0.4, -0.2) is 26.3 Å². The first-order valence-electron chi connectivity index (χ1n) is 5.85. The molecule has 100 valence electrons. The van der Waals surface area contributed by atoms with E-state index < -0.39 is 17.0 Å². The van der Waals surface area contributed by atoms with Crippen molar-refractivity contribution in [1.29, 1.82) is 0 Å². The summed E-state index contributed by atoms with van der Waals surface area (Å²) in [5, 5.41) is 3.97. The highest BCUT2D eigenvalue weighted by atomic mass is 16.6. The Kier molecular flexibility index (Phi) is 3.09. The Morgan fingerprint density at radius 2 is 2.05 bits per heavy atom. The average Bonchev–Trinajstić information content (AvgIpc) is 2.31. The van der Waals surface area contributed by atoms with E-state index >= 15 is 0 Å². The minimum Gasteiger partial charge on any atom is -0.455 e. The molecule has 0 amide bonds. The molecule has 0 saturated carbocycles. The number of nitrogens with zero attached hydrogens (tertiary/aromatic N) is 3. The average molecular weight is 261 g/mol. The van der Waals surface area contributed by atoms with Crippen LogP contribution in [0.1, 0.15) is 31.3 Å². The maximum absolute atomic E-state index is 12.2. The van der Waals surface area contributed by atoms with Gasteiger partial charge in [0, 0.05) is 13.2 Å². The Bertz CT molecular complexity index is 698. The minimum atomic E-state index is -0.736. The molecule has 2 aromatic rings. The molecule has 0 fully saturated rings. The third kappa shape index (κ3) is 2.62. The lowest BCUT2D eigenvalue weighted by molar-refractivity contribution is 0.00592. The van der Waals surface area contributed by atoms with Crippen molar-refractivity contribution in [2.75, 3.05) is 0 Å². The second-order valence-corrected chi connectivity index (χ2v) is 5.17. The van der Waals surface area contributed by atoms with Crippen LogP contribution in [-0.2, 0) is 11.8 Å². The van der Waals surface area contributed by atoms with Gasteiger partial charge in [-0.1, -0.05) is 0 Å². The lowest BCUT2D eigenvalue weighted by Crippen LogP contribution is -2.30. The van der Waals surface area contributed by atoms with Crippen LogP contribution in [0.15, 0.2) is 23.1 Å². The third-order valence-electron chi connectivity index (χ3n) is 2.41. The molecule has 2 heterocycles. The summed E-state index contributed by atoms with van der Waals surface area (Å²) >= 11 is 0. The second-order valence-electron chi connectivity index (χ2n) is 5.17. The largest absolute Gasteiger partial charge is 0.455 e. The monoisotopic (exact) mass is 261 g/mol. The number of rotatable bonds is 1. The van der Waals surface area contributed by atoms with Gasteiger partial charge in [0.2, 0.25) is 11.1 Å². The van der Waals surface area contributed by atoms with E-state index in [4.69, 9.17) is 4.74 Å². The Balaban J connectivity index is 2.60. The van der Waals surface area contributed by atoms with Gasteiger partial charge < -0.3 is 4.74 Å². The number of hydrogen-bond donors (Lipinski definition) is 0. The van der Waals surface area contributed by atoms with Gasteiger partial charge in [-0.25, -0.2) is 4.79 Å². The number of pyridine rings is 1. The van der Waals surface area contributed by atoms with Gasteiger partial charge in [0.25, 0.3) is 0 Å². The molecule has 2 rings (SSSR count). The fourth-order valence-electron chi connectivity index (χ4n) is 1.65. The zero-order chi connectivity index (χ0) is 14.2. The summed E-state index contributed by atoms with van der Waals surface area (Å²) in [6.07, 6.45) is 1.50. The highest BCUT2D eigenvalue weighted by Gasteiger charge is 2.23. The van der Waals surface area contributed by atoms with Crippen molar-refractivity contribution in [3.05, 3.63) is 34.2 Å². The Morgan fingerprint density at radius 1 is 1.37 bits per heavy atom. The standard InChI is InChI=1S/C13H15N3O3/c1-13(2,3)19-12(18)10-11(17)9-8(16(4)15-10)6-5-7-14-9/h5-7H,1-4H3. The van der Waals surface area contributed by atoms with Gasteiger partial charge in [0.15, 0.2) is 0 Å². The molecular weight excluding hydrogens is 246 g/mol. The number of carbonyl (C=O) groups excluding carboxylic acids is 1. The summed E-state index contributed by atoms with van der Waals surface area (Å²) in [5.74, 6) is -0.736. The predicted octanol–water partition coefficient (Wildman–Crippen LogP) is 1.28. The summed E-state index contributed by atoms with van der Waals surface area (Å²) in [6, 6.07) is 3.42. The molecule has 2 aromatic heterocycles. The van der Waals surface area contributed by atoms with Crippen LogP contribution in [0.2, 0.25) is 0 Å². The van der Waals surface area contributed by atoms with Crippen molar-refractivity contribution >= 4 is 17.0 Å². The SMILES string of the molecule is Cn1nc(C(=O)OC(C)(C)C)c(=O)c2ncccc21. The van der Waals surface area contributed by atoms with Crippen LogP contribution >= 0.6 is 0 Å². The van der Waals surface area contributed by atoms with Crippen molar-refractivity contribution in [3.8, 4) is 0 Å². The molecule has 0 N–H and O–H groups in total. The molecule has 6 heteroatoms. The Morgan fingerprint density at radius 3 is 2.68 bits per heavy atom. The molecule has 0 atom stereocenters. The van der Waals surface area contributed by atoms with Gasteiger partial charge in [0.05, 0.1) is 5.52 Å². The molecule has 0 aliphatic heterocycles. The normalized spacial score (nSPS) is 11.6. The molecule has 0 aliphatic carbocycles. The van der Waals surface area contributed by atoms with Crippen molar-refractivity contribution in [3.63, 3.8) is 0 Å². The van der Waals surface area contributed by atoms with E-state index in [2.05, 4.69) is 10.1 Å². The first-order valence-corrected chi connectivity index (χ1v) is 5.85. The summed E-state index contributed by atoms with van der Waals surface area (Å²) < 4.78 is 6.61. The van der Waals surface area contributed by atoms with E-state index in [1.165, 1.54) is 10.9 Å². The first-order chi connectivity index (χ1) is 8.79. The van der Waals surface area contributed by atoms with Gasteiger partial charge in [0.1, 0.15) is 11.1 Å². The zero-order valence-electron chi connectivity index (χ0n) is 11.3. The van der Waals surface area contributed by atoms with E-state index in [9.17, 15) is 9.59 Å². The van der Waals surface area contributed by atoms with Gasteiger partial charge >= 0.3 is 5.97 Å². The van der Waals surface area contributed by atoms with Crippen LogP contribution < -0.4 is 5.43 Å². The second kappa shape index (κ2) is 4.46. The van der Waals surface area contributed by atoms with Crippen LogP contribution in [0.3, 0.4) is 0 Å².